The number of alkyl halides is 3. The molecule has 46 heavy (non-hydrogen) atoms. The third-order valence-corrected chi connectivity index (χ3v) is 7.66. The smallest absolute Gasteiger partial charge is 0.416 e. The number of rotatable bonds is 5. The van der Waals surface area contributed by atoms with Gasteiger partial charge in [-0.25, -0.2) is 9.97 Å². The number of pyridine rings is 2. The van der Waals surface area contributed by atoms with Crippen LogP contribution in [0.1, 0.15) is 32.7 Å². The second kappa shape index (κ2) is 12.7. The molecule has 2 aromatic carbocycles. The van der Waals surface area contributed by atoms with Crippen LogP contribution >= 0.6 is 0 Å². The lowest BCUT2D eigenvalue weighted by Gasteiger charge is -2.36. The fourth-order valence-electron chi connectivity index (χ4n) is 5.23. The van der Waals surface area contributed by atoms with Crippen molar-refractivity contribution >= 4 is 23.5 Å². The zero-order chi connectivity index (χ0) is 32.3. The van der Waals surface area contributed by atoms with Gasteiger partial charge < -0.3 is 20.1 Å². The van der Waals surface area contributed by atoms with Gasteiger partial charge in [0.15, 0.2) is 0 Å². The molecular weight excluding hydrogens is 597 g/mol. The van der Waals surface area contributed by atoms with E-state index in [-0.39, 0.29) is 49.7 Å². The van der Waals surface area contributed by atoms with E-state index in [1.807, 2.05) is 53.1 Å². The molecular formula is C34H26F3N6O3-. The second-order valence-corrected chi connectivity index (χ2v) is 10.7. The SMILES string of the molecule is O=C(Nc1cc(C#Cc2cnc3cc(-c4ccccc4)ccn23)ccn1)c1ccc(CN2CCN(C(=O)[O-])CC2)c(C(F)(F)F)c1. The minimum atomic E-state index is -4.70. The van der Waals surface area contributed by atoms with Crippen LogP contribution in [0.15, 0.2) is 91.4 Å². The van der Waals surface area contributed by atoms with Crippen LogP contribution in [0, 0.1) is 11.8 Å². The van der Waals surface area contributed by atoms with Gasteiger partial charge in [-0.3, -0.25) is 14.1 Å². The number of piperazine rings is 1. The Morgan fingerprint density at radius 3 is 2.41 bits per heavy atom. The van der Waals surface area contributed by atoms with E-state index < -0.39 is 23.7 Å². The molecule has 4 heterocycles. The molecule has 6 rings (SSSR count). The summed E-state index contributed by atoms with van der Waals surface area (Å²) in [7, 11) is 0. The molecule has 0 spiro atoms. The summed E-state index contributed by atoms with van der Waals surface area (Å²) in [6.45, 7) is 0.792. The number of halogens is 3. The summed E-state index contributed by atoms with van der Waals surface area (Å²) < 4.78 is 43.9. The Labute approximate surface area is 261 Å². The first kappa shape index (κ1) is 30.4. The Hall–Kier alpha value is -5.67. The van der Waals surface area contributed by atoms with Crippen molar-refractivity contribution in [3.8, 4) is 23.0 Å². The lowest BCUT2D eigenvalue weighted by atomic mass is 10.0. The van der Waals surface area contributed by atoms with Crippen molar-refractivity contribution in [2.24, 2.45) is 0 Å². The first-order valence-electron chi connectivity index (χ1n) is 14.3. The molecule has 5 aromatic rings. The number of carbonyl (C=O) groups is 2. The molecule has 1 saturated heterocycles. The van der Waals surface area contributed by atoms with Gasteiger partial charge in [0.25, 0.3) is 5.91 Å². The minimum Gasteiger partial charge on any atom is -0.530 e. The Kier molecular flexibility index (Phi) is 8.41. The number of nitrogens with zero attached hydrogens (tertiary/aromatic N) is 5. The normalized spacial score (nSPS) is 13.7. The Morgan fingerprint density at radius 2 is 1.67 bits per heavy atom. The number of carbonyl (C=O) groups excluding carboxylic acids is 2. The first-order chi connectivity index (χ1) is 22.1. The van der Waals surface area contributed by atoms with E-state index in [2.05, 4.69) is 27.1 Å². The van der Waals surface area contributed by atoms with Crippen LogP contribution in [-0.4, -0.2) is 62.3 Å². The highest BCUT2D eigenvalue weighted by Crippen LogP contribution is 2.34. The number of hydrogen-bond donors (Lipinski definition) is 1. The molecule has 12 heteroatoms. The molecule has 0 unspecified atom stereocenters. The number of carboxylic acid groups (broad SMARTS) is 1. The molecule has 9 nitrogen and oxygen atoms in total. The Morgan fingerprint density at radius 1 is 0.891 bits per heavy atom. The van der Waals surface area contributed by atoms with Crippen molar-refractivity contribution < 1.29 is 27.9 Å². The van der Waals surface area contributed by atoms with Crippen molar-refractivity contribution in [1.29, 1.82) is 0 Å². The number of fused-ring (bicyclic) bond motifs is 1. The molecule has 1 fully saturated rings. The van der Waals surface area contributed by atoms with E-state index in [9.17, 15) is 27.9 Å². The molecule has 1 aliphatic rings. The average molecular weight is 624 g/mol. The fourth-order valence-corrected chi connectivity index (χ4v) is 5.23. The lowest BCUT2D eigenvalue weighted by molar-refractivity contribution is -0.266. The van der Waals surface area contributed by atoms with E-state index in [1.165, 1.54) is 24.4 Å². The van der Waals surface area contributed by atoms with Crippen LogP contribution in [0.2, 0.25) is 0 Å². The number of imidazole rings is 1. The predicted octanol–water partition coefficient (Wildman–Crippen LogP) is 4.53. The predicted molar refractivity (Wildman–Crippen MR) is 162 cm³/mol. The van der Waals surface area contributed by atoms with E-state index in [4.69, 9.17) is 0 Å². The van der Waals surface area contributed by atoms with Gasteiger partial charge in [0.05, 0.1) is 11.8 Å². The third-order valence-electron chi connectivity index (χ3n) is 7.66. The number of nitrogens with one attached hydrogen (secondary N) is 1. The lowest BCUT2D eigenvalue weighted by Crippen LogP contribution is -2.52. The van der Waals surface area contributed by atoms with Crippen LogP contribution in [-0.2, 0) is 12.7 Å². The monoisotopic (exact) mass is 623 g/mol. The van der Waals surface area contributed by atoms with Crippen LogP contribution < -0.4 is 10.4 Å². The maximum absolute atomic E-state index is 14.0. The second-order valence-electron chi connectivity index (χ2n) is 10.7. The van der Waals surface area contributed by atoms with E-state index in [0.29, 0.717) is 11.3 Å². The summed E-state index contributed by atoms with van der Waals surface area (Å²) in [6.07, 6.45) is -0.999. The van der Waals surface area contributed by atoms with Crippen molar-refractivity contribution in [3.05, 3.63) is 119 Å². The summed E-state index contributed by atoms with van der Waals surface area (Å²) in [4.78, 5) is 35.4. The van der Waals surface area contributed by atoms with Gasteiger partial charge in [0.2, 0.25) is 0 Å². The van der Waals surface area contributed by atoms with Gasteiger partial charge in [-0.15, -0.1) is 0 Å². The maximum atomic E-state index is 14.0. The van der Waals surface area contributed by atoms with Gasteiger partial charge in [0, 0.05) is 56.2 Å². The molecule has 0 bridgehead atoms. The summed E-state index contributed by atoms with van der Waals surface area (Å²) in [5.41, 5.74) is 2.89. The largest absolute Gasteiger partial charge is 0.530 e. The van der Waals surface area contributed by atoms with Crippen LogP contribution in [0.3, 0.4) is 0 Å². The van der Waals surface area contributed by atoms with Gasteiger partial charge >= 0.3 is 6.18 Å². The van der Waals surface area contributed by atoms with Gasteiger partial charge in [0.1, 0.15) is 23.3 Å². The molecule has 1 aliphatic heterocycles. The summed E-state index contributed by atoms with van der Waals surface area (Å²) in [5, 5.41) is 13.6. The van der Waals surface area contributed by atoms with Gasteiger partial charge in [-0.1, -0.05) is 42.3 Å². The number of anilines is 1. The number of amides is 2. The molecule has 0 aliphatic carbocycles. The highest BCUT2D eigenvalue weighted by atomic mass is 19.4. The molecule has 0 atom stereocenters. The van der Waals surface area contributed by atoms with E-state index >= 15 is 0 Å². The maximum Gasteiger partial charge on any atom is 0.416 e. The highest BCUT2D eigenvalue weighted by Gasteiger charge is 2.34. The van der Waals surface area contributed by atoms with E-state index in [0.717, 1.165) is 27.7 Å². The molecule has 1 N–H and O–H groups in total. The summed E-state index contributed by atoms with van der Waals surface area (Å²) in [5.74, 6) is 5.48. The minimum absolute atomic E-state index is 0.00923. The summed E-state index contributed by atoms with van der Waals surface area (Å²) >= 11 is 0. The molecule has 0 radical (unpaired) electrons. The van der Waals surface area contributed by atoms with Crippen molar-refractivity contribution in [1.82, 2.24) is 24.2 Å². The topological polar surface area (TPSA) is 106 Å². The Bertz CT molecular complexity index is 1970. The summed E-state index contributed by atoms with van der Waals surface area (Å²) in [6, 6.07) is 20.5. The standard InChI is InChI=1S/C34H27F3N6O3/c35-34(36,37)29-19-26(7-8-27(29)22-41-14-16-42(17-15-41)33(45)46)32(44)40-30-18-23(10-12-38-30)6-9-28-21-39-31-20-25(11-13-43(28)31)24-4-2-1-3-5-24/h1-5,7-8,10-13,18-21H,14-17,22H2,(H,45,46)(H,38,40,44)/p-1. The fraction of sp³-hybridized carbons (Fsp3) is 0.176. The average Bonchev–Trinajstić information content (AvgIpc) is 3.46. The molecule has 0 saturated carbocycles. The van der Waals surface area contributed by atoms with Crippen LogP contribution in [0.4, 0.5) is 23.8 Å². The zero-order valence-corrected chi connectivity index (χ0v) is 24.3. The van der Waals surface area contributed by atoms with Gasteiger partial charge in [-0.05, 0) is 59.0 Å². The molecule has 232 valence electrons. The third kappa shape index (κ3) is 6.85. The zero-order valence-electron chi connectivity index (χ0n) is 24.3. The molecule has 3 aromatic heterocycles. The number of benzene rings is 2. The quantitative estimate of drug-likeness (QED) is 0.289. The van der Waals surface area contributed by atoms with Crippen molar-refractivity contribution in [3.63, 3.8) is 0 Å². The molecule has 2 amide bonds. The van der Waals surface area contributed by atoms with Gasteiger partial charge in [-0.2, -0.15) is 13.2 Å². The number of aromatic nitrogens is 3. The van der Waals surface area contributed by atoms with Crippen molar-refractivity contribution in [2.45, 2.75) is 12.7 Å². The Balaban J connectivity index is 1.15. The van der Waals surface area contributed by atoms with Crippen LogP contribution in [0.5, 0.6) is 0 Å². The highest BCUT2D eigenvalue weighted by molar-refractivity contribution is 6.04. The number of hydrogen-bond acceptors (Lipinski definition) is 6. The van der Waals surface area contributed by atoms with Crippen molar-refractivity contribution in [2.75, 3.05) is 31.5 Å². The first-order valence-corrected chi connectivity index (χ1v) is 14.3. The van der Waals surface area contributed by atoms with Crippen LogP contribution in [0.25, 0.3) is 16.8 Å². The van der Waals surface area contributed by atoms with E-state index in [1.54, 1.807) is 17.2 Å².